The molecule has 4 aliphatic rings. The molecule has 0 bridgehead atoms. The molecule has 4 fully saturated rings. The smallest absolute Gasteiger partial charge is 0.326 e. The highest BCUT2D eigenvalue weighted by Gasteiger charge is 2.36. The van der Waals surface area contributed by atoms with Crippen molar-refractivity contribution in [3.8, 4) is 11.1 Å². The number of nitrogens with one attached hydrogen (secondary N) is 2. The van der Waals surface area contributed by atoms with Gasteiger partial charge in [0.1, 0.15) is 34.6 Å². The van der Waals surface area contributed by atoms with Crippen LogP contribution in [0.15, 0.2) is 48.5 Å². The second-order valence-corrected chi connectivity index (χ2v) is 18.7. The van der Waals surface area contributed by atoms with Crippen molar-refractivity contribution in [3.05, 3.63) is 82.7 Å². The number of pyridine rings is 2. The maximum Gasteiger partial charge on any atom is 0.326 e. The first-order valence-corrected chi connectivity index (χ1v) is 22.9. The van der Waals surface area contributed by atoms with E-state index in [0.29, 0.717) is 37.1 Å². The number of rotatable bonds is 16. The van der Waals surface area contributed by atoms with Crippen LogP contribution in [0.5, 0.6) is 0 Å². The van der Waals surface area contributed by atoms with Crippen LogP contribution >= 0.6 is 0 Å². The Balaban J connectivity index is 1.28. The molecule has 4 unspecified atom stereocenters. The number of benzene rings is 1. The minimum absolute atomic E-state index is 0.00253. The molecular formula is C48H63FN8O6. The SMILES string of the molecule is CCC(C)C(NC(=O)c1cc(-c2cc(C(=O)NC(C)(C)Cc3ccc(F)cc3)nc(C(=O)N3CCCC3CN3CCCC3)c2)cc(C(=O)N2CCCC2CN2CCCC2)n1)C(=O)O. The van der Waals surface area contributed by atoms with E-state index in [1.165, 1.54) is 18.2 Å². The molecule has 4 amide bonds. The molecule has 2 aromatic heterocycles. The lowest BCUT2D eigenvalue weighted by Gasteiger charge is -2.29. The van der Waals surface area contributed by atoms with Crippen LogP contribution in [0, 0.1) is 11.7 Å². The molecule has 0 spiro atoms. The van der Waals surface area contributed by atoms with E-state index >= 15 is 0 Å². The molecule has 14 nitrogen and oxygen atoms in total. The van der Waals surface area contributed by atoms with Crippen LogP contribution in [0.1, 0.15) is 133 Å². The number of aliphatic carboxylic acids is 1. The van der Waals surface area contributed by atoms with Crippen molar-refractivity contribution in [1.29, 1.82) is 0 Å². The number of carbonyl (C=O) groups is 5. The molecule has 1 aromatic carbocycles. The van der Waals surface area contributed by atoms with E-state index in [1.54, 1.807) is 37.3 Å². The minimum atomic E-state index is -1.21. The van der Waals surface area contributed by atoms with Crippen molar-refractivity contribution in [2.75, 3.05) is 52.4 Å². The zero-order valence-corrected chi connectivity index (χ0v) is 37.2. The standard InChI is InChI=1S/C48H63FN8O6/c1-5-31(2)42(47(62)63)52-43(58)38-24-33(26-40(50-38)45(60)56-22-10-12-36(56)29-54-18-6-7-19-54)34-25-39(44(59)53-48(3,4)28-32-14-16-35(49)17-15-32)51-41(27-34)46(61)57-23-11-13-37(57)30-55-20-8-9-21-55/h14-17,24-27,31,36-37,42H,5-13,18-23,28-30H2,1-4H3,(H,52,58)(H,53,59)(H,62,63). The van der Waals surface area contributed by atoms with Gasteiger partial charge in [-0.05, 0) is 157 Å². The van der Waals surface area contributed by atoms with Gasteiger partial charge in [-0.25, -0.2) is 19.2 Å². The molecule has 63 heavy (non-hydrogen) atoms. The van der Waals surface area contributed by atoms with Crippen LogP contribution in [-0.2, 0) is 11.2 Å². The first-order valence-electron chi connectivity index (χ1n) is 22.9. The second kappa shape index (κ2) is 20.0. The number of hydrogen-bond acceptors (Lipinski definition) is 9. The summed E-state index contributed by atoms with van der Waals surface area (Å²) < 4.78 is 13.7. The number of hydrogen-bond donors (Lipinski definition) is 3. The highest BCUT2D eigenvalue weighted by atomic mass is 19.1. The van der Waals surface area contributed by atoms with Crippen LogP contribution in [0.3, 0.4) is 0 Å². The van der Waals surface area contributed by atoms with Crippen molar-refractivity contribution in [2.45, 2.75) is 116 Å². The molecule has 3 aromatic rings. The molecule has 6 heterocycles. The lowest BCUT2D eigenvalue weighted by Crippen LogP contribution is -2.46. The molecule has 338 valence electrons. The van der Waals surface area contributed by atoms with E-state index in [-0.39, 0.29) is 52.5 Å². The van der Waals surface area contributed by atoms with E-state index < -0.39 is 35.3 Å². The van der Waals surface area contributed by atoms with Crippen LogP contribution in [0.4, 0.5) is 4.39 Å². The molecule has 4 aliphatic heterocycles. The van der Waals surface area contributed by atoms with Gasteiger partial charge in [0.25, 0.3) is 23.6 Å². The lowest BCUT2D eigenvalue weighted by molar-refractivity contribution is -0.140. The van der Waals surface area contributed by atoms with E-state index in [0.717, 1.165) is 96.2 Å². The molecule has 3 N–H and O–H groups in total. The largest absolute Gasteiger partial charge is 0.480 e. The highest BCUT2D eigenvalue weighted by molar-refractivity contribution is 6.01. The number of carbonyl (C=O) groups excluding carboxylic acids is 4. The van der Waals surface area contributed by atoms with E-state index in [4.69, 9.17) is 4.98 Å². The third-order valence-corrected chi connectivity index (χ3v) is 13.3. The molecule has 15 heteroatoms. The van der Waals surface area contributed by atoms with Crippen molar-refractivity contribution < 1.29 is 33.5 Å². The summed E-state index contributed by atoms with van der Waals surface area (Å²) in [6.45, 7) is 13.8. The predicted octanol–water partition coefficient (Wildman–Crippen LogP) is 5.66. The third kappa shape index (κ3) is 11.3. The second-order valence-electron chi connectivity index (χ2n) is 18.7. The van der Waals surface area contributed by atoms with Crippen LogP contribution in [0.2, 0.25) is 0 Å². The summed E-state index contributed by atoms with van der Waals surface area (Å²) in [5, 5.41) is 15.8. The summed E-state index contributed by atoms with van der Waals surface area (Å²) in [6, 6.07) is 11.0. The molecular weight excluding hydrogens is 804 g/mol. The lowest BCUT2D eigenvalue weighted by atomic mass is 9.94. The molecule has 4 saturated heterocycles. The first-order chi connectivity index (χ1) is 30.2. The van der Waals surface area contributed by atoms with Gasteiger partial charge in [0.05, 0.1) is 0 Å². The van der Waals surface area contributed by atoms with Crippen molar-refractivity contribution >= 4 is 29.6 Å². The number of aromatic nitrogens is 2. The minimum Gasteiger partial charge on any atom is -0.480 e. The maximum absolute atomic E-state index is 14.6. The zero-order chi connectivity index (χ0) is 44.8. The Kier molecular flexibility index (Phi) is 14.6. The average molecular weight is 867 g/mol. The molecule has 0 radical (unpaired) electrons. The summed E-state index contributed by atoms with van der Waals surface area (Å²) in [4.78, 5) is 87.6. The first kappa shape index (κ1) is 45.7. The summed E-state index contributed by atoms with van der Waals surface area (Å²) in [6.07, 6.45) is 8.73. The van der Waals surface area contributed by atoms with Gasteiger partial charge in [0.15, 0.2) is 0 Å². The normalized spacial score (nSPS) is 20.5. The van der Waals surface area contributed by atoms with Crippen LogP contribution in [0.25, 0.3) is 11.1 Å². The maximum atomic E-state index is 14.6. The Morgan fingerprint density at radius 1 is 0.714 bits per heavy atom. The predicted molar refractivity (Wildman–Crippen MR) is 237 cm³/mol. The zero-order valence-electron chi connectivity index (χ0n) is 37.2. The summed E-state index contributed by atoms with van der Waals surface area (Å²) in [5.74, 6) is -3.92. The topological polar surface area (TPSA) is 168 Å². The fourth-order valence-corrected chi connectivity index (χ4v) is 9.68. The Labute approximate surface area is 370 Å². The van der Waals surface area contributed by atoms with Crippen molar-refractivity contribution in [2.24, 2.45) is 5.92 Å². The van der Waals surface area contributed by atoms with Gasteiger partial charge in [-0.15, -0.1) is 0 Å². The van der Waals surface area contributed by atoms with Gasteiger partial charge >= 0.3 is 5.97 Å². The summed E-state index contributed by atoms with van der Waals surface area (Å²) in [7, 11) is 0. The summed E-state index contributed by atoms with van der Waals surface area (Å²) >= 11 is 0. The van der Waals surface area contributed by atoms with Gasteiger partial charge in [0.2, 0.25) is 0 Å². The average Bonchev–Trinajstić information content (AvgIpc) is 4.13. The molecule has 7 rings (SSSR count). The number of carboxylic acids is 1. The molecule has 0 aliphatic carbocycles. The van der Waals surface area contributed by atoms with Crippen LogP contribution < -0.4 is 10.6 Å². The van der Waals surface area contributed by atoms with Gasteiger partial charge in [0, 0.05) is 43.8 Å². The molecule has 0 saturated carbocycles. The summed E-state index contributed by atoms with van der Waals surface area (Å²) in [5.41, 5.74) is 0.553. The Morgan fingerprint density at radius 2 is 1.17 bits per heavy atom. The van der Waals surface area contributed by atoms with Gasteiger partial charge < -0.3 is 35.3 Å². The van der Waals surface area contributed by atoms with E-state index in [2.05, 4.69) is 25.4 Å². The fraction of sp³-hybridized carbons (Fsp3) is 0.562. The quantitative estimate of drug-likeness (QED) is 0.163. The number of halogens is 1. The number of carboxylic acid groups (broad SMARTS) is 1. The van der Waals surface area contributed by atoms with E-state index in [1.807, 2.05) is 30.6 Å². The van der Waals surface area contributed by atoms with Gasteiger partial charge in [-0.2, -0.15) is 0 Å². The number of likely N-dealkylation sites (tertiary alicyclic amines) is 4. The number of amides is 4. The van der Waals surface area contributed by atoms with Gasteiger partial charge in [-0.3, -0.25) is 19.2 Å². The fourth-order valence-electron chi connectivity index (χ4n) is 9.68. The Bertz CT molecular complexity index is 2150. The highest BCUT2D eigenvalue weighted by Crippen LogP contribution is 2.29. The van der Waals surface area contributed by atoms with Gasteiger partial charge in [-0.1, -0.05) is 32.4 Å². The monoisotopic (exact) mass is 866 g/mol. The Morgan fingerprint density at radius 3 is 1.63 bits per heavy atom. The van der Waals surface area contributed by atoms with Crippen molar-refractivity contribution in [1.82, 2.24) is 40.2 Å². The van der Waals surface area contributed by atoms with Crippen molar-refractivity contribution in [3.63, 3.8) is 0 Å². The Hall–Kier alpha value is -5.28. The number of nitrogens with zero attached hydrogens (tertiary/aromatic N) is 6. The van der Waals surface area contributed by atoms with Crippen LogP contribution in [-0.4, -0.2) is 140 Å². The van der Waals surface area contributed by atoms with E-state index in [9.17, 15) is 33.5 Å². The third-order valence-electron chi connectivity index (χ3n) is 13.3. The molecule has 4 atom stereocenters.